The lowest BCUT2D eigenvalue weighted by atomic mass is 10.2. The van der Waals surface area contributed by atoms with Crippen molar-refractivity contribution >= 4 is 34.5 Å². The largest absolute Gasteiger partial charge is 0.330 e. The van der Waals surface area contributed by atoms with E-state index < -0.39 is 11.2 Å². The summed E-state index contributed by atoms with van der Waals surface area (Å²) < 4.78 is 3.34. The zero-order valence-electron chi connectivity index (χ0n) is 17.9. The predicted molar refractivity (Wildman–Crippen MR) is 121 cm³/mol. The van der Waals surface area contributed by atoms with Gasteiger partial charge >= 0.3 is 5.69 Å². The molecule has 0 radical (unpaired) electrons. The van der Waals surface area contributed by atoms with Crippen LogP contribution >= 0.6 is 11.6 Å². The Bertz CT molecular complexity index is 1180. The van der Waals surface area contributed by atoms with Gasteiger partial charge in [0.15, 0.2) is 11.2 Å². The van der Waals surface area contributed by atoms with Gasteiger partial charge < -0.3 is 9.88 Å². The highest BCUT2D eigenvalue weighted by Crippen LogP contribution is 2.16. The summed E-state index contributed by atoms with van der Waals surface area (Å²) in [5.74, 6) is 1.04. The van der Waals surface area contributed by atoms with Crippen LogP contribution in [0.1, 0.15) is 45.9 Å². The van der Waals surface area contributed by atoms with Crippen molar-refractivity contribution in [1.29, 1.82) is 0 Å². The fourth-order valence-electron chi connectivity index (χ4n) is 3.37. The standard InChI is InChI=1S/C21H27ClN6O3/c1-4-5-10-27-19-18(20(30)26-21(27)31)28(12-13(2)3)16(25-19)8-9-17(29)24-15-7-6-14(22)11-23-15/h6-7,11,13H,4-5,8-10,12H2,1-3H3,(H,23,24,29)(H,26,30,31). The van der Waals surface area contributed by atoms with Crippen molar-refractivity contribution in [1.82, 2.24) is 24.1 Å². The maximum absolute atomic E-state index is 12.6. The summed E-state index contributed by atoms with van der Waals surface area (Å²) in [6.45, 7) is 7.14. The summed E-state index contributed by atoms with van der Waals surface area (Å²) in [6, 6.07) is 3.27. The minimum Gasteiger partial charge on any atom is -0.322 e. The number of hydrogen-bond acceptors (Lipinski definition) is 5. The molecule has 0 atom stereocenters. The third-order valence-corrected chi connectivity index (χ3v) is 5.04. The molecular formula is C21H27ClN6O3. The van der Waals surface area contributed by atoms with Gasteiger partial charge in [0.05, 0.1) is 5.02 Å². The summed E-state index contributed by atoms with van der Waals surface area (Å²) in [6.07, 6.45) is 3.64. The van der Waals surface area contributed by atoms with Crippen LogP contribution in [0.4, 0.5) is 5.82 Å². The highest BCUT2D eigenvalue weighted by Gasteiger charge is 2.19. The monoisotopic (exact) mass is 446 g/mol. The minimum absolute atomic E-state index is 0.156. The van der Waals surface area contributed by atoms with Gasteiger partial charge in [0.1, 0.15) is 11.6 Å². The van der Waals surface area contributed by atoms with Crippen molar-refractivity contribution in [2.24, 2.45) is 5.92 Å². The first kappa shape index (κ1) is 22.7. The molecule has 0 spiro atoms. The van der Waals surface area contributed by atoms with Crippen LogP contribution < -0.4 is 16.6 Å². The Morgan fingerprint density at radius 1 is 1.26 bits per heavy atom. The second kappa shape index (κ2) is 9.91. The Morgan fingerprint density at radius 2 is 2.03 bits per heavy atom. The average Bonchev–Trinajstić information content (AvgIpc) is 3.06. The van der Waals surface area contributed by atoms with Crippen LogP contribution in [-0.4, -0.2) is 30.0 Å². The Morgan fingerprint density at radius 3 is 2.68 bits per heavy atom. The van der Waals surface area contributed by atoms with Crippen LogP contribution in [0.2, 0.25) is 5.02 Å². The molecule has 9 nitrogen and oxygen atoms in total. The summed E-state index contributed by atoms with van der Waals surface area (Å²) in [4.78, 5) is 48.5. The highest BCUT2D eigenvalue weighted by molar-refractivity contribution is 6.30. The number of aromatic amines is 1. The number of aromatic nitrogens is 5. The number of fused-ring (bicyclic) bond motifs is 1. The molecule has 1 amide bonds. The summed E-state index contributed by atoms with van der Waals surface area (Å²) in [5, 5.41) is 3.21. The summed E-state index contributed by atoms with van der Waals surface area (Å²) in [5.41, 5.74) is -0.169. The molecule has 0 saturated heterocycles. The van der Waals surface area contributed by atoms with E-state index in [1.165, 1.54) is 10.8 Å². The third kappa shape index (κ3) is 5.41. The molecule has 0 aliphatic heterocycles. The topological polar surface area (TPSA) is 115 Å². The second-order valence-corrected chi connectivity index (χ2v) is 8.32. The number of pyridine rings is 1. The highest BCUT2D eigenvalue weighted by atomic mass is 35.5. The summed E-state index contributed by atoms with van der Waals surface area (Å²) in [7, 11) is 0. The molecule has 0 unspecified atom stereocenters. The van der Waals surface area contributed by atoms with Gasteiger partial charge in [0.25, 0.3) is 5.56 Å². The van der Waals surface area contributed by atoms with Gasteiger partial charge in [0, 0.05) is 32.1 Å². The number of imidazole rings is 1. The van der Waals surface area contributed by atoms with Crippen molar-refractivity contribution in [3.8, 4) is 0 Å². The van der Waals surface area contributed by atoms with E-state index in [1.54, 1.807) is 12.1 Å². The van der Waals surface area contributed by atoms with Gasteiger partial charge in [-0.15, -0.1) is 0 Å². The molecule has 0 aromatic carbocycles. The van der Waals surface area contributed by atoms with Crippen molar-refractivity contribution in [2.45, 2.75) is 59.5 Å². The smallest absolute Gasteiger partial charge is 0.322 e. The Hall–Kier alpha value is -2.94. The Labute approximate surface area is 184 Å². The van der Waals surface area contributed by atoms with Gasteiger partial charge in [-0.25, -0.2) is 14.8 Å². The quantitative estimate of drug-likeness (QED) is 0.524. The molecule has 0 saturated carbocycles. The number of anilines is 1. The number of nitrogens with zero attached hydrogens (tertiary/aromatic N) is 4. The Kier molecular flexibility index (Phi) is 7.27. The number of halogens is 1. The number of aryl methyl sites for hydroxylation is 2. The molecule has 0 fully saturated rings. The number of hydrogen-bond donors (Lipinski definition) is 2. The van der Waals surface area contributed by atoms with Crippen LogP contribution in [0, 0.1) is 5.92 Å². The van der Waals surface area contributed by atoms with Crippen LogP contribution in [0.25, 0.3) is 11.2 Å². The molecule has 0 aliphatic rings. The predicted octanol–water partition coefficient (Wildman–Crippen LogP) is 2.96. The number of carbonyl (C=O) groups excluding carboxylic acids is 1. The molecule has 3 aromatic rings. The first-order valence-electron chi connectivity index (χ1n) is 10.4. The third-order valence-electron chi connectivity index (χ3n) is 4.82. The zero-order valence-corrected chi connectivity index (χ0v) is 18.7. The Balaban J connectivity index is 1.91. The minimum atomic E-state index is -0.460. The maximum Gasteiger partial charge on any atom is 0.330 e. The van der Waals surface area contributed by atoms with Gasteiger partial charge in [-0.05, 0) is 24.5 Å². The van der Waals surface area contributed by atoms with Gasteiger partial charge in [-0.1, -0.05) is 38.8 Å². The van der Waals surface area contributed by atoms with E-state index in [-0.39, 0.29) is 18.2 Å². The van der Waals surface area contributed by atoms with Crippen molar-refractivity contribution in [3.05, 3.63) is 50.0 Å². The van der Waals surface area contributed by atoms with E-state index in [4.69, 9.17) is 11.6 Å². The van der Waals surface area contributed by atoms with E-state index in [9.17, 15) is 14.4 Å². The van der Waals surface area contributed by atoms with Crippen molar-refractivity contribution in [2.75, 3.05) is 5.32 Å². The van der Waals surface area contributed by atoms with Crippen LogP contribution in [-0.2, 0) is 24.3 Å². The number of carbonyl (C=O) groups is 1. The van der Waals surface area contributed by atoms with Crippen LogP contribution in [0.3, 0.4) is 0 Å². The molecule has 31 heavy (non-hydrogen) atoms. The second-order valence-electron chi connectivity index (χ2n) is 7.88. The van der Waals surface area contributed by atoms with E-state index in [0.717, 1.165) is 12.8 Å². The lowest BCUT2D eigenvalue weighted by molar-refractivity contribution is -0.116. The molecule has 3 heterocycles. The summed E-state index contributed by atoms with van der Waals surface area (Å²) >= 11 is 5.82. The maximum atomic E-state index is 12.6. The molecule has 3 aromatic heterocycles. The molecule has 3 rings (SSSR count). The molecular weight excluding hydrogens is 420 g/mol. The van der Waals surface area contributed by atoms with E-state index in [0.29, 0.717) is 47.3 Å². The van der Waals surface area contributed by atoms with Gasteiger partial charge in [0.2, 0.25) is 5.91 Å². The van der Waals surface area contributed by atoms with Crippen molar-refractivity contribution < 1.29 is 4.79 Å². The number of rotatable bonds is 9. The molecule has 2 N–H and O–H groups in total. The lowest BCUT2D eigenvalue weighted by Crippen LogP contribution is -2.31. The number of unbranched alkanes of at least 4 members (excludes halogenated alkanes) is 1. The molecule has 10 heteroatoms. The SMILES string of the molecule is CCCCn1c(=O)[nH]c(=O)c2c1nc(CCC(=O)Nc1ccc(Cl)cn1)n2CC(C)C. The average molecular weight is 447 g/mol. The number of amides is 1. The van der Waals surface area contributed by atoms with E-state index in [2.05, 4.69) is 20.3 Å². The molecule has 0 bridgehead atoms. The van der Waals surface area contributed by atoms with Gasteiger partial charge in [-0.2, -0.15) is 0 Å². The van der Waals surface area contributed by atoms with Crippen molar-refractivity contribution in [3.63, 3.8) is 0 Å². The fraction of sp³-hybridized carbons (Fsp3) is 0.476. The van der Waals surface area contributed by atoms with Crippen LogP contribution in [0.5, 0.6) is 0 Å². The normalized spacial score (nSPS) is 11.4. The molecule has 166 valence electrons. The van der Waals surface area contributed by atoms with E-state index in [1.807, 2.05) is 25.3 Å². The lowest BCUT2D eigenvalue weighted by Gasteiger charge is -2.11. The van der Waals surface area contributed by atoms with Crippen LogP contribution in [0.15, 0.2) is 27.9 Å². The first-order chi connectivity index (χ1) is 14.8. The van der Waals surface area contributed by atoms with Gasteiger partial charge in [-0.3, -0.25) is 19.1 Å². The van der Waals surface area contributed by atoms with E-state index >= 15 is 0 Å². The fourth-order valence-corrected chi connectivity index (χ4v) is 3.49. The molecule has 0 aliphatic carbocycles. The number of nitrogens with one attached hydrogen (secondary N) is 2. The zero-order chi connectivity index (χ0) is 22.5. The number of H-pyrrole nitrogens is 1. The first-order valence-corrected chi connectivity index (χ1v) is 10.8.